The number of nitrogens with one attached hydrogen (secondary N) is 1. The van der Waals surface area contributed by atoms with Gasteiger partial charge in [-0.2, -0.15) is 0 Å². The first-order valence-electron chi connectivity index (χ1n) is 6.56. The molecule has 1 aromatic carbocycles. The minimum atomic E-state index is -0.500. The van der Waals surface area contributed by atoms with Crippen LogP contribution in [-0.4, -0.2) is 25.2 Å². The highest BCUT2D eigenvalue weighted by atomic mass is 16.5. The molecule has 1 heterocycles. The zero-order valence-electron chi connectivity index (χ0n) is 11.1. The summed E-state index contributed by atoms with van der Waals surface area (Å²) in [6.07, 6.45) is 2.34. The first kappa shape index (κ1) is 13.1. The number of ether oxygens (including phenoxy) is 1. The number of amides is 1. The van der Waals surface area contributed by atoms with E-state index >= 15 is 0 Å². The maximum absolute atomic E-state index is 12.3. The van der Waals surface area contributed by atoms with Crippen LogP contribution in [0.15, 0.2) is 30.3 Å². The minimum Gasteiger partial charge on any atom is -0.376 e. The molecule has 1 unspecified atom stereocenters. The summed E-state index contributed by atoms with van der Waals surface area (Å²) in [5.74, 6) is 0.0594. The van der Waals surface area contributed by atoms with Crippen LogP contribution in [0.5, 0.6) is 0 Å². The van der Waals surface area contributed by atoms with Crippen molar-refractivity contribution in [1.29, 1.82) is 0 Å². The van der Waals surface area contributed by atoms with Crippen molar-refractivity contribution in [2.45, 2.75) is 38.2 Å². The summed E-state index contributed by atoms with van der Waals surface area (Å²) in [7, 11) is 0. The maximum Gasteiger partial charge on any atom is 0.230 e. The molecule has 1 aliphatic heterocycles. The number of rotatable bonds is 4. The molecule has 1 amide bonds. The Morgan fingerprint density at radius 1 is 1.39 bits per heavy atom. The molecule has 1 N–H and O–H groups in total. The van der Waals surface area contributed by atoms with Crippen LogP contribution < -0.4 is 5.32 Å². The number of benzene rings is 1. The first-order valence-corrected chi connectivity index (χ1v) is 6.56. The van der Waals surface area contributed by atoms with Gasteiger partial charge in [0.1, 0.15) is 0 Å². The Kier molecular flexibility index (Phi) is 4.02. The number of carbonyl (C=O) groups is 1. The average Bonchev–Trinajstić information content (AvgIpc) is 2.90. The van der Waals surface area contributed by atoms with Gasteiger partial charge in [-0.15, -0.1) is 0 Å². The average molecular weight is 247 g/mol. The zero-order chi connectivity index (χ0) is 13.0. The second kappa shape index (κ2) is 5.53. The predicted molar refractivity (Wildman–Crippen MR) is 71.5 cm³/mol. The Balaban J connectivity index is 1.94. The fraction of sp³-hybridized carbons (Fsp3) is 0.533. The van der Waals surface area contributed by atoms with Gasteiger partial charge in [0, 0.05) is 13.2 Å². The van der Waals surface area contributed by atoms with Gasteiger partial charge in [-0.25, -0.2) is 0 Å². The van der Waals surface area contributed by atoms with Crippen molar-refractivity contribution in [3.05, 3.63) is 35.9 Å². The monoisotopic (exact) mass is 247 g/mol. The fourth-order valence-electron chi connectivity index (χ4n) is 2.22. The van der Waals surface area contributed by atoms with E-state index in [2.05, 4.69) is 5.32 Å². The summed E-state index contributed by atoms with van der Waals surface area (Å²) in [4.78, 5) is 12.3. The summed E-state index contributed by atoms with van der Waals surface area (Å²) in [5.41, 5.74) is 0.537. The summed E-state index contributed by atoms with van der Waals surface area (Å²) in [6.45, 7) is 5.35. The molecule has 1 aliphatic rings. The molecule has 1 fully saturated rings. The lowest BCUT2D eigenvalue weighted by molar-refractivity contribution is -0.126. The van der Waals surface area contributed by atoms with Crippen LogP contribution in [0.2, 0.25) is 0 Å². The van der Waals surface area contributed by atoms with Gasteiger partial charge in [-0.05, 0) is 32.3 Å². The Hall–Kier alpha value is -1.35. The molecule has 2 rings (SSSR count). The van der Waals surface area contributed by atoms with Crippen LogP contribution in [0.3, 0.4) is 0 Å². The van der Waals surface area contributed by atoms with E-state index in [1.54, 1.807) is 0 Å². The van der Waals surface area contributed by atoms with Crippen LogP contribution in [0.4, 0.5) is 0 Å². The van der Waals surface area contributed by atoms with Gasteiger partial charge in [0.05, 0.1) is 11.5 Å². The molecule has 3 nitrogen and oxygen atoms in total. The van der Waals surface area contributed by atoms with Crippen LogP contribution in [0.1, 0.15) is 32.3 Å². The van der Waals surface area contributed by atoms with Crippen molar-refractivity contribution in [2.24, 2.45) is 0 Å². The molecule has 0 saturated carbocycles. The molecule has 0 bridgehead atoms. The molecular weight excluding hydrogens is 226 g/mol. The van der Waals surface area contributed by atoms with E-state index < -0.39 is 5.41 Å². The SMILES string of the molecule is CC(C)(C(=O)NCC1CCCO1)c1ccccc1. The van der Waals surface area contributed by atoms with E-state index in [-0.39, 0.29) is 12.0 Å². The van der Waals surface area contributed by atoms with Gasteiger partial charge in [0.2, 0.25) is 5.91 Å². The van der Waals surface area contributed by atoms with Crippen LogP contribution in [0.25, 0.3) is 0 Å². The summed E-state index contributed by atoms with van der Waals surface area (Å²) in [6, 6.07) is 9.87. The smallest absolute Gasteiger partial charge is 0.230 e. The summed E-state index contributed by atoms with van der Waals surface area (Å²) >= 11 is 0. The highest BCUT2D eigenvalue weighted by Crippen LogP contribution is 2.23. The highest BCUT2D eigenvalue weighted by molar-refractivity contribution is 5.87. The predicted octanol–water partition coefficient (Wildman–Crippen LogP) is 2.26. The molecular formula is C15H21NO2. The van der Waals surface area contributed by atoms with Gasteiger partial charge in [0.15, 0.2) is 0 Å². The van der Waals surface area contributed by atoms with E-state index in [4.69, 9.17) is 4.74 Å². The molecule has 0 aliphatic carbocycles. The lowest BCUT2D eigenvalue weighted by Crippen LogP contribution is -2.43. The van der Waals surface area contributed by atoms with E-state index in [9.17, 15) is 4.79 Å². The molecule has 18 heavy (non-hydrogen) atoms. The number of carbonyl (C=O) groups excluding carboxylic acids is 1. The van der Waals surface area contributed by atoms with Crippen molar-refractivity contribution >= 4 is 5.91 Å². The third-order valence-corrected chi connectivity index (χ3v) is 3.58. The van der Waals surface area contributed by atoms with Crippen molar-refractivity contribution in [3.8, 4) is 0 Å². The van der Waals surface area contributed by atoms with Crippen molar-refractivity contribution in [3.63, 3.8) is 0 Å². The molecule has 98 valence electrons. The van der Waals surface area contributed by atoms with Crippen LogP contribution in [0, 0.1) is 0 Å². The molecule has 0 aromatic heterocycles. The molecule has 0 radical (unpaired) electrons. The standard InChI is InChI=1S/C15H21NO2/c1-15(2,12-7-4-3-5-8-12)14(17)16-11-13-9-6-10-18-13/h3-5,7-8,13H,6,9-11H2,1-2H3,(H,16,17). The second-order valence-electron chi connectivity index (χ2n) is 5.34. The quantitative estimate of drug-likeness (QED) is 0.886. The van der Waals surface area contributed by atoms with E-state index in [0.717, 1.165) is 25.0 Å². The van der Waals surface area contributed by atoms with Crippen molar-refractivity contribution in [2.75, 3.05) is 13.2 Å². The summed E-state index contributed by atoms with van der Waals surface area (Å²) in [5, 5.41) is 3.00. The fourth-order valence-corrected chi connectivity index (χ4v) is 2.22. The highest BCUT2D eigenvalue weighted by Gasteiger charge is 2.30. The van der Waals surface area contributed by atoms with E-state index in [1.165, 1.54) is 0 Å². The zero-order valence-corrected chi connectivity index (χ0v) is 11.1. The third kappa shape index (κ3) is 2.91. The lowest BCUT2D eigenvalue weighted by Gasteiger charge is -2.25. The normalized spacial score (nSPS) is 19.8. The maximum atomic E-state index is 12.3. The molecule has 1 aromatic rings. The molecule has 3 heteroatoms. The first-order chi connectivity index (χ1) is 8.60. The van der Waals surface area contributed by atoms with Crippen LogP contribution >= 0.6 is 0 Å². The second-order valence-corrected chi connectivity index (χ2v) is 5.34. The molecule has 1 atom stereocenters. The van der Waals surface area contributed by atoms with Crippen LogP contribution in [-0.2, 0) is 14.9 Å². The van der Waals surface area contributed by atoms with E-state index in [0.29, 0.717) is 6.54 Å². The Morgan fingerprint density at radius 2 is 2.11 bits per heavy atom. The number of hydrogen-bond donors (Lipinski definition) is 1. The summed E-state index contributed by atoms with van der Waals surface area (Å²) < 4.78 is 5.51. The van der Waals surface area contributed by atoms with Gasteiger partial charge in [-0.3, -0.25) is 4.79 Å². The lowest BCUT2D eigenvalue weighted by atomic mass is 9.84. The van der Waals surface area contributed by atoms with E-state index in [1.807, 2.05) is 44.2 Å². The van der Waals surface area contributed by atoms with Gasteiger partial charge in [0.25, 0.3) is 0 Å². The Labute approximate surface area is 109 Å². The minimum absolute atomic E-state index is 0.0594. The topological polar surface area (TPSA) is 38.3 Å². The number of hydrogen-bond acceptors (Lipinski definition) is 2. The largest absolute Gasteiger partial charge is 0.376 e. The Morgan fingerprint density at radius 3 is 2.72 bits per heavy atom. The van der Waals surface area contributed by atoms with Gasteiger partial charge in [-0.1, -0.05) is 30.3 Å². The van der Waals surface area contributed by atoms with Gasteiger partial charge < -0.3 is 10.1 Å². The molecule has 0 spiro atoms. The van der Waals surface area contributed by atoms with Crippen molar-refractivity contribution in [1.82, 2.24) is 5.32 Å². The molecule has 1 saturated heterocycles. The van der Waals surface area contributed by atoms with Crippen molar-refractivity contribution < 1.29 is 9.53 Å². The Bertz CT molecular complexity index is 394. The van der Waals surface area contributed by atoms with Gasteiger partial charge >= 0.3 is 0 Å². The third-order valence-electron chi connectivity index (χ3n) is 3.58.